The van der Waals surface area contributed by atoms with Gasteiger partial charge in [0.2, 0.25) is 16.0 Å². The van der Waals surface area contributed by atoms with Crippen LogP contribution in [-0.2, 0) is 15.8 Å². The van der Waals surface area contributed by atoms with E-state index < -0.39 is 56.2 Å². The number of hydrogen-bond acceptors (Lipinski definition) is 7. The van der Waals surface area contributed by atoms with Crippen molar-refractivity contribution in [1.29, 1.82) is 0 Å². The molecule has 4 aromatic rings. The van der Waals surface area contributed by atoms with Crippen molar-refractivity contribution in [3.8, 4) is 11.1 Å². The van der Waals surface area contributed by atoms with Gasteiger partial charge in [-0.05, 0) is 37.0 Å². The normalized spacial score (nSPS) is 19.3. The van der Waals surface area contributed by atoms with Gasteiger partial charge in [0.15, 0.2) is 17.5 Å². The van der Waals surface area contributed by atoms with Crippen molar-refractivity contribution in [2.24, 2.45) is 0 Å². The van der Waals surface area contributed by atoms with E-state index in [1.807, 2.05) is 0 Å². The molecule has 2 fully saturated rings. The van der Waals surface area contributed by atoms with Crippen LogP contribution in [0.2, 0.25) is 0 Å². The number of rotatable bonds is 8. The topological polar surface area (TPSA) is 118 Å². The first kappa shape index (κ1) is 29.1. The Hall–Kier alpha value is -4.04. The van der Waals surface area contributed by atoms with Crippen molar-refractivity contribution in [2.75, 3.05) is 23.1 Å². The molecular weight excluding hydrogens is 588 g/mol. The summed E-state index contributed by atoms with van der Waals surface area (Å²) in [6.07, 6.45) is 2.78. The molecule has 43 heavy (non-hydrogen) atoms. The Morgan fingerprint density at radius 3 is 2.49 bits per heavy atom. The fourth-order valence-corrected chi connectivity index (χ4v) is 6.62. The molecule has 3 N–H and O–H groups in total. The van der Waals surface area contributed by atoms with Gasteiger partial charge < -0.3 is 10.6 Å². The van der Waals surface area contributed by atoms with Gasteiger partial charge in [-0.2, -0.15) is 4.98 Å². The SMILES string of the molecule is O=c1c(-c2cc(F)c(NS(=O)(=O)Cc3ccccc3)c(F)c2F)cc2cnc(N[C@@H]3CNC[C@@H](F)C3)nc2n1C1CCC1. The molecule has 1 saturated heterocycles. The molecule has 0 radical (unpaired) electrons. The standard InChI is InChI=1S/C29H28F4N6O3S/c30-18-10-19(14-34-13-18)36-29-35-12-17-9-22(28(40)39(27(17)37-29)20-7-4-8-20)21-11-23(31)26(25(33)24(21)32)38-43(41,42)15-16-5-2-1-3-6-16/h1-3,5-6,9,11-12,18-20,34,38H,4,7-8,10,13-15H2,(H,35,36,37)/t18-,19-/m0/s1. The molecule has 1 aliphatic carbocycles. The van der Waals surface area contributed by atoms with Crippen LogP contribution in [0.25, 0.3) is 22.2 Å². The fourth-order valence-electron chi connectivity index (χ4n) is 5.42. The van der Waals surface area contributed by atoms with E-state index in [0.717, 1.165) is 6.42 Å². The molecule has 0 amide bonds. The monoisotopic (exact) mass is 616 g/mol. The highest BCUT2D eigenvalue weighted by Crippen LogP contribution is 2.36. The number of nitrogens with one attached hydrogen (secondary N) is 3. The van der Waals surface area contributed by atoms with Crippen molar-refractivity contribution in [3.63, 3.8) is 0 Å². The Bertz CT molecular complexity index is 1850. The third kappa shape index (κ3) is 5.93. The van der Waals surface area contributed by atoms with Crippen LogP contribution in [0.3, 0.4) is 0 Å². The summed E-state index contributed by atoms with van der Waals surface area (Å²) >= 11 is 0. The summed E-state index contributed by atoms with van der Waals surface area (Å²) in [4.78, 5) is 22.5. The second kappa shape index (κ2) is 11.6. The molecule has 1 aliphatic heterocycles. The van der Waals surface area contributed by atoms with Gasteiger partial charge in [0.05, 0.1) is 11.3 Å². The summed E-state index contributed by atoms with van der Waals surface area (Å²) in [6, 6.07) is 9.27. The minimum absolute atomic E-state index is 0.184. The number of pyridine rings is 1. The highest BCUT2D eigenvalue weighted by molar-refractivity contribution is 7.91. The zero-order chi connectivity index (χ0) is 30.3. The fraction of sp³-hybridized carbons (Fsp3) is 0.345. The van der Waals surface area contributed by atoms with Crippen LogP contribution in [0.4, 0.5) is 29.2 Å². The third-order valence-corrected chi connectivity index (χ3v) is 8.98. The highest BCUT2D eigenvalue weighted by Gasteiger charge is 2.29. The number of piperidine rings is 1. The molecule has 1 saturated carbocycles. The van der Waals surface area contributed by atoms with E-state index in [1.165, 1.54) is 29.0 Å². The lowest BCUT2D eigenvalue weighted by Crippen LogP contribution is -2.44. The number of halogens is 4. The van der Waals surface area contributed by atoms with E-state index in [1.54, 1.807) is 22.9 Å². The summed E-state index contributed by atoms with van der Waals surface area (Å²) in [7, 11) is -4.31. The lowest BCUT2D eigenvalue weighted by molar-refractivity contribution is 0.254. The first-order valence-electron chi connectivity index (χ1n) is 13.9. The smallest absolute Gasteiger partial charge is 0.260 e. The van der Waals surface area contributed by atoms with E-state index in [2.05, 4.69) is 20.6 Å². The summed E-state index contributed by atoms with van der Waals surface area (Å²) in [5.74, 6) is -5.15. The van der Waals surface area contributed by atoms with Crippen molar-refractivity contribution in [2.45, 2.75) is 49.7 Å². The number of nitrogens with zero attached hydrogens (tertiary/aromatic N) is 3. The zero-order valence-corrected chi connectivity index (χ0v) is 23.6. The molecule has 14 heteroatoms. The van der Waals surface area contributed by atoms with Crippen molar-refractivity contribution >= 4 is 32.7 Å². The van der Waals surface area contributed by atoms with Crippen molar-refractivity contribution in [3.05, 3.63) is 82.0 Å². The molecule has 2 aromatic heterocycles. The second-order valence-corrected chi connectivity index (χ2v) is 12.6. The average molecular weight is 617 g/mol. The maximum atomic E-state index is 15.5. The maximum absolute atomic E-state index is 15.5. The van der Waals surface area contributed by atoms with Gasteiger partial charge in [-0.15, -0.1) is 0 Å². The van der Waals surface area contributed by atoms with Gasteiger partial charge in [0.25, 0.3) is 5.56 Å². The predicted octanol–water partition coefficient (Wildman–Crippen LogP) is 4.65. The van der Waals surface area contributed by atoms with Gasteiger partial charge in [0.1, 0.15) is 17.5 Å². The van der Waals surface area contributed by atoms with E-state index in [-0.39, 0.29) is 42.2 Å². The highest BCUT2D eigenvalue weighted by atomic mass is 32.2. The first-order chi connectivity index (χ1) is 20.6. The van der Waals surface area contributed by atoms with Gasteiger partial charge in [-0.25, -0.2) is 31.0 Å². The predicted molar refractivity (Wildman–Crippen MR) is 154 cm³/mol. The van der Waals surface area contributed by atoms with E-state index in [9.17, 15) is 17.6 Å². The summed E-state index contributed by atoms with van der Waals surface area (Å²) in [5.41, 5.74) is -2.25. The van der Waals surface area contributed by atoms with E-state index >= 15 is 13.2 Å². The Balaban J connectivity index is 1.38. The lowest BCUT2D eigenvalue weighted by atomic mass is 9.92. The molecule has 2 atom stereocenters. The van der Waals surface area contributed by atoms with Gasteiger partial charge in [-0.3, -0.25) is 14.1 Å². The average Bonchev–Trinajstić information content (AvgIpc) is 2.94. The molecule has 0 unspecified atom stereocenters. The van der Waals surface area contributed by atoms with Crippen LogP contribution in [-0.4, -0.2) is 48.3 Å². The summed E-state index contributed by atoms with van der Waals surface area (Å²) < 4.78 is 88.2. The number of anilines is 2. The number of sulfonamides is 1. The number of aromatic nitrogens is 3. The Kier molecular flexibility index (Phi) is 7.81. The minimum Gasteiger partial charge on any atom is -0.350 e. The first-order valence-corrected chi connectivity index (χ1v) is 15.5. The van der Waals surface area contributed by atoms with Crippen LogP contribution >= 0.6 is 0 Å². The quantitative estimate of drug-likeness (QED) is 0.195. The largest absolute Gasteiger partial charge is 0.350 e. The molecule has 9 nitrogen and oxygen atoms in total. The number of alkyl halides is 1. The van der Waals surface area contributed by atoms with Crippen LogP contribution < -0.4 is 20.9 Å². The van der Waals surface area contributed by atoms with Gasteiger partial charge >= 0.3 is 0 Å². The number of fused-ring (bicyclic) bond motifs is 1. The third-order valence-electron chi connectivity index (χ3n) is 7.75. The van der Waals surface area contributed by atoms with E-state index in [0.29, 0.717) is 36.4 Å². The Morgan fingerprint density at radius 1 is 1.02 bits per heavy atom. The molecule has 226 valence electrons. The molecule has 2 aliphatic rings. The summed E-state index contributed by atoms with van der Waals surface area (Å²) in [5, 5.41) is 6.39. The zero-order valence-electron chi connectivity index (χ0n) is 22.8. The molecule has 3 heterocycles. The Morgan fingerprint density at radius 2 is 1.79 bits per heavy atom. The van der Waals surface area contributed by atoms with Gasteiger partial charge in [-0.1, -0.05) is 30.3 Å². The van der Waals surface area contributed by atoms with E-state index in [4.69, 9.17) is 0 Å². The van der Waals surface area contributed by atoms with Crippen LogP contribution in [0, 0.1) is 17.5 Å². The molecule has 0 spiro atoms. The molecule has 2 aromatic carbocycles. The van der Waals surface area contributed by atoms with Crippen molar-refractivity contribution in [1.82, 2.24) is 19.9 Å². The number of hydrogen-bond donors (Lipinski definition) is 3. The molecule has 6 rings (SSSR count). The number of benzene rings is 2. The maximum Gasteiger partial charge on any atom is 0.260 e. The van der Waals surface area contributed by atoms with Gasteiger partial charge in [0, 0.05) is 48.7 Å². The second-order valence-electron chi connectivity index (χ2n) is 10.9. The molecule has 0 bridgehead atoms. The van der Waals surface area contributed by atoms with Crippen LogP contribution in [0.5, 0.6) is 0 Å². The van der Waals surface area contributed by atoms with Crippen molar-refractivity contribution < 1.29 is 26.0 Å². The lowest BCUT2D eigenvalue weighted by Gasteiger charge is -2.29. The molecular formula is C29H28F4N6O3S. The van der Waals surface area contributed by atoms with Crippen LogP contribution in [0.1, 0.15) is 37.3 Å². The Labute approximate surface area is 244 Å². The summed E-state index contributed by atoms with van der Waals surface area (Å²) in [6.45, 7) is 0.768. The minimum atomic E-state index is -4.31. The van der Waals surface area contributed by atoms with Crippen LogP contribution in [0.15, 0.2) is 53.5 Å².